The van der Waals surface area contributed by atoms with Crippen LogP contribution >= 0.6 is 0 Å². The molecule has 1 aromatic rings. The summed E-state index contributed by atoms with van der Waals surface area (Å²) in [6.07, 6.45) is 4.66. The van der Waals surface area contributed by atoms with E-state index in [-0.39, 0.29) is 0 Å². The first-order chi connectivity index (χ1) is 7.74. The number of nitrogen functional groups attached to an aromatic ring is 1. The van der Waals surface area contributed by atoms with Crippen molar-refractivity contribution in [2.75, 3.05) is 17.4 Å². The van der Waals surface area contributed by atoms with E-state index in [1.165, 1.54) is 19.3 Å². The van der Waals surface area contributed by atoms with Gasteiger partial charge in [-0.2, -0.15) is 0 Å². The molecule has 0 saturated heterocycles. The molecule has 5 heteroatoms. The van der Waals surface area contributed by atoms with Crippen LogP contribution in [0.2, 0.25) is 0 Å². The molecule has 5 nitrogen and oxygen atoms in total. The van der Waals surface area contributed by atoms with Gasteiger partial charge in [-0.3, -0.25) is 0 Å². The molecule has 1 saturated carbocycles. The molecular formula is C11H19N5. The van der Waals surface area contributed by atoms with Crippen molar-refractivity contribution in [1.82, 2.24) is 9.97 Å². The Kier molecular flexibility index (Phi) is 3.24. The summed E-state index contributed by atoms with van der Waals surface area (Å²) in [4.78, 5) is 11.0. The quantitative estimate of drug-likeness (QED) is 0.593. The number of nitrogens with two attached hydrogens (primary N) is 1. The van der Waals surface area contributed by atoms with Crippen molar-refractivity contribution in [3.63, 3.8) is 0 Å². The molecule has 1 fully saturated rings. The Labute approximate surface area is 96.0 Å². The first kappa shape index (κ1) is 11.1. The van der Waals surface area contributed by atoms with Gasteiger partial charge in [-0.15, -0.1) is 0 Å². The van der Waals surface area contributed by atoms with Crippen molar-refractivity contribution in [2.24, 2.45) is 5.84 Å². The van der Waals surface area contributed by atoms with Crippen LogP contribution in [0.4, 0.5) is 11.6 Å². The lowest BCUT2D eigenvalue weighted by atomic mass is 9.92. The minimum Gasteiger partial charge on any atom is -0.357 e. The zero-order valence-corrected chi connectivity index (χ0v) is 9.90. The zero-order valence-electron chi connectivity index (χ0n) is 9.90. The molecule has 0 radical (unpaired) electrons. The molecule has 0 aromatic carbocycles. The summed E-state index contributed by atoms with van der Waals surface area (Å²) in [5.74, 6) is 7.89. The van der Waals surface area contributed by atoms with Crippen molar-refractivity contribution in [3.8, 4) is 0 Å². The molecule has 1 aliphatic carbocycles. The Morgan fingerprint density at radius 3 is 2.75 bits per heavy atom. The normalized spacial score (nSPS) is 15.7. The molecule has 1 heterocycles. The average molecular weight is 221 g/mol. The molecule has 0 atom stereocenters. The molecule has 0 amide bonds. The van der Waals surface area contributed by atoms with Crippen molar-refractivity contribution >= 4 is 11.6 Å². The van der Waals surface area contributed by atoms with Gasteiger partial charge in [-0.25, -0.2) is 15.8 Å². The molecule has 1 aliphatic rings. The van der Waals surface area contributed by atoms with E-state index < -0.39 is 0 Å². The predicted octanol–water partition coefficient (Wildman–Crippen LogP) is 1.31. The smallest absolute Gasteiger partial charge is 0.145 e. The number of anilines is 2. The average Bonchev–Trinajstić information content (AvgIpc) is 2.26. The van der Waals surface area contributed by atoms with E-state index in [9.17, 15) is 0 Å². The van der Waals surface area contributed by atoms with Crippen LogP contribution in [-0.4, -0.2) is 23.1 Å². The lowest BCUT2D eigenvalue weighted by molar-refractivity contribution is 0.399. The predicted molar refractivity (Wildman–Crippen MR) is 65.3 cm³/mol. The van der Waals surface area contributed by atoms with Crippen molar-refractivity contribution in [2.45, 2.75) is 38.6 Å². The second-order valence-electron chi connectivity index (χ2n) is 4.22. The van der Waals surface area contributed by atoms with E-state index >= 15 is 0 Å². The van der Waals surface area contributed by atoms with Crippen molar-refractivity contribution in [1.29, 1.82) is 0 Å². The minimum absolute atomic E-state index is 0.630. The van der Waals surface area contributed by atoms with E-state index in [1.807, 2.05) is 13.0 Å². The van der Waals surface area contributed by atoms with Gasteiger partial charge in [0.05, 0.1) is 0 Å². The number of aryl methyl sites for hydroxylation is 1. The highest BCUT2D eigenvalue weighted by atomic mass is 15.3. The summed E-state index contributed by atoms with van der Waals surface area (Å²) in [5.41, 5.74) is 2.59. The fourth-order valence-corrected chi connectivity index (χ4v) is 1.86. The Hall–Kier alpha value is -1.36. The van der Waals surface area contributed by atoms with Gasteiger partial charge in [0.2, 0.25) is 0 Å². The van der Waals surface area contributed by atoms with Gasteiger partial charge in [0.25, 0.3) is 0 Å². The van der Waals surface area contributed by atoms with Crippen LogP contribution in [0, 0.1) is 0 Å². The van der Waals surface area contributed by atoms with E-state index in [1.54, 1.807) is 0 Å². The van der Waals surface area contributed by atoms with E-state index in [0.29, 0.717) is 11.9 Å². The van der Waals surface area contributed by atoms with E-state index in [2.05, 4.69) is 27.3 Å². The van der Waals surface area contributed by atoms with Crippen LogP contribution in [0.15, 0.2) is 6.07 Å². The Morgan fingerprint density at radius 2 is 2.25 bits per heavy atom. The van der Waals surface area contributed by atoms with Crippen LogP contribution < -0.4 is 16.2 Å². The van der Waals surface area contributed by atoms with E-state index in [4.69, 9.17) is 5.84 Å². The summed E-state index contributed by atoms with van der Waals surface area (Å²) in [7, 11) is 2.09. The summed E-state index contributed by atoms with van der Waals surface area (Å²) in [6.45, 7) is 2.04. The third-order valence-corrected chi connectivity index (χ3v) is 3.21. The summed E-state index contributed by atoms with van der Waals surface area (Å²) in [5, 5.41) is 0. The maximum Gasteiger partial charge on any atom is 0.145 e. The number of rotatable bonds is 4. The maximum absolute atomic E-state index is 5.41. The second kappa shape index (κ2) is 4.65. The first-order valence-electron chi connectivity index (χ1n) is 5.82. The lowest BCUT2D eigenvalue weighted by Gasteiger charge is -2.35. The highest BCUT2D eigenvalue weighted by molar-refractivity contribution is 5.49. The molecule has 1 aromatic heterocycles. The van der Waals surface area contributed by atoms with Gasteiger partial charge in [-0.1, -0.05) is 6.92 Å². The van der Waals surface area contributed by atoms with Crippen LogP contribution in [0.5, 0.6) is 0 Å². The van der Waals surface area contributed by atoms with Crippen LogP contribution in [0.1, 0.15) is 32.0 Å². The standard InChI is InChI=1S/C11H19N5/c1-3-9-13-10(15-12)7-11(14-9)16(2)8-5-4-6-8/h7-8H,3-6,12H2,1-2H3,(H,13,14,15). The third-order valence-electron chi connectivity index (χ3n) is 3.21. The maximum atomic E-state index is 5.41. The van der Waals surface area contributed by atoms with Crippen LogP contribution in [-0.2, 0) is 6.42 Å². The van der Waals surface area contributed by atoms with Gasteiger partial charge >= 0.3 is 0 Å². The molecule has 16 heavy (non-hydrogen) atoms. The molecule has 0 unspecified atom stereocenters. The van der Waals surface area contributed by atoms with Gasteiger partial charge in [-0.05, 0) is 19.3 Å². The summed E-state index contributed by atoms with van der Waals surface area (Å²) < 4.78 is 0. The van der Waals surface area contributed by atoms with E-state index in [0.717, 1.165) is 18.1 Å². The van der Waals surface area contributed by atoms with Gasteiger partial charge in [0.1, 0.15) is 17.5 Å². The fourth-order valence-electron chi connectivity index (χ4n) is 1.86. The first-order valence-corrected chi connectivity index (χ1v) is 5.82. The molecule has 88 valence electrons. The fraction of sp³-hybridized carbons (Fsp3) is 0.636. The van der Waals surface area contributed by atoms with Gasteiger partial charge < -0.3 is 10.3 Å². The topological polar surface area (TPSA) is 67.1 Å². The summed E-state index contributed by atoms with van der Waals surface area (Å²) >= 11 is 0. The number of hydrogen-bond acceptors (Lipinski definition) is 5. The minimum atomic E-state index is 0.630. The molecule has 0 spiro atoms. The monoisotopic (exact) mass is 221 g/mol. The molecule has 3 N–H and O–H groups in total. The molecule has 2 rings (SSSR count). The Balaban J connectivity index is 2.24. The largest absolute Gasteiger partial charge is 0.357 e. The number of aromatic nitrogens is 2. The highest BCUT2D eigenvalue weighted by Crippen LogP contribution is 2.27. The third kappa shape index (κ3) is 2.09. The van der Waals surface area contributed by atoms with Crippen molar-refractivity contribution in [3.05, 3.63) is 11.9 Å². The lowest BCUT2D eigenvalue weighted by Crippen LogP contribution is -2.37. The molecular weight excluding hydrogens is 202 g/mol. The number of nitrogens with zero attached hydrogens (tertiary/aromatic N) is 3. The molecule has 0 aliphatic heterocycles. The second-order valence-corrected chi connectivity index (χ2v) is 4.22. The molecule has 0 bridgehead atoms. The number of hydrogen-bond donors (Lipinski definition) is 2. The number of hydrazine groups is 1. The number of nitrogens with one attached hydrogen (secondary N) is 1. The summed E-state index contributed by atoms with van der Waals surface area (Å²) in [6, 6.07) is 2.53. The SMILES string of the molecule is CCc1nc(NN)cc(N(C)C2CCC2)n1. The Bertz CT molecular complexity index is 339. The highest BCUT2D eigenvalue weighted by Gasteiger charge is 2.23. The van der Waals surface area contributed by atoms with Crippen molar-refractivity contribution < 1.29 is 0 Å². The van der Waals surface area contributed by atoms with Crippen LogP contribution in [0.25, 0.3) is 0 Å². The van der Waals surface area contributed by atoms with Gasteiger partial charge in [0, 0.05) is 25.6 Å². The zero-order chi connectivity index (χ0) is 11.5. The van der Waals surface area contributed by atoms with Gasteiger partial charge in [0.15, 0.2) is 0 Å². The van der Waals surface area contributed by atoms with Crippen LogP contribution in [0.3, 0.4) is 0 Å². The Morgan fingerprint density at radius 1 is 1.50 bits per heavy atom.